The van der Waals surface area contributed by atoms with Gasteiger partial charge in [-0.3, -0.25) is 0 Å². The molecule has 0 aliphatic carbocycles. The normalized spacial score (nSPS) is 11.7. The molecular weight excluding hydrogens is 705 g/mol. The van der Waals surface area contributed by atoms with Crippen molar-refractivity contribution in [3.8, 4) is 16.9 Å². The predicted molar refractivity (Wildman–Crippen MR) is 229 cm³/mol. The number of azo groups is 3. The zero-order valence-corrected chi connectivity index (χ0v) is 31.6. The second kappa shape index (κ2) is 16.9. The van der Waals surface area contributed by atoms with Crippen LogP contribution in [0.15, 0.2) is 201 Å². The van der Waals surface area contributed by atoms with Crippen LogP contribution in [-0.2, 0) is 6.42 Å². The van der Waals surface area contributed by atoms with E-state index in [0.29, 0.717) is 28.4 Å². The Morgan fingerprint density at radius 2 is 0.860 bits per heavy atom. The number of esters is 1. The van der Waals surface area contributed by atoms with Crippen LogP contribution in [0, 0.1) is 6.92 Å². The van der Waals surface area contributed by atoms with Crippen molar-refractivity contribution in [3.63, 3.8) is 0 Å². The number of carbonyl (C=O) groups excluding carboxylic acids is 1. The Bertz CT molecular complexity index is 2770. The molecule has 0 bridgehead atoms. The molecule has 0 aromatic heterocycles. The molecule has 0 aliphatic heterocycles. The molecule has 0 amide bonds. The third kappa shape index (κ3) is 8.61. The van der Waals surface area contributed by atoms with E-state index in [9.17, 15) is 4.79 Å². The third-order valence-corrected chi connectivity index (χ3v) is 9.60. The lowest BCUT2D eigenvalue weighted by atomic mass is 10.0. The van der Waals surface area contributed by atoms with Gasteiger partial charge in [-0.15, -0.1) is 20.5 Å². The predicted octanol–water partition coefficient (Wildman–Crippen LogP) is 15.4. The highest BCUT2D eigenvalue weighted by molar-refractivity contribution is 6.01. The first-order valence-corrected chi connectivity index (χ1v) is 18.9. The first-order chi connectivity index (χ1) is 28.0. The number of ether oxygens (including phenoxy) is 1. The summed E-state index contributed by atoms with van der Waals surface area (Å²) >= 11 is 0. The molecule has 8 heteroatoms. The van der Waals surface area contributed by atoms with Gasteiger partial charge in [-0.05, 0) is 103 Å². The summed E-state index contributed by atoms with van der Waals surface area (Å²) in [6, 6.07) is 54.4. The molecule has 276 valence electrons. The summed E-state index contributed by atoms with van der Waals surface area (Å²) in [6.07, 6.45) is 2.18. The molecule has 0 unspecified atom stereocenters. The van der Waals surface area contributed by atoms with Crippen LogP contribution in [-0.4, -0.2) is 5.97 Å². The smallest absolute Gasteiger partial charge is 0.343 e. The molecule has 0 fully saturated rings. The maximum atomic E-state index is 12.9. The highest BCUT2D eigenvalue weighted by atomic mass is 16.5. The minimum Gasteiger partial charge on any atom is -0.423 e. The number of hydrogen-bond donors (Lipinski definition) is 0. The van der Waals surface area contributed by atoms with Gasteiger partial charge in [0.1, 0.15) is 5.75 Å². The van der Waals surface area contributed by atoms with E-state index < -0.39 is 5.97 Å². The molecule has 0 atom stereocenters. The second-order valence-electron chi connectivity index (χ2n) is 13.6. The summed E-state index contributed by atoms with van der Waals surface area (Å²) < 4.78 is 5.65. The molecule has 0 heterocycles. The van der Waals surface area contributed by atoms with Gasteiger partial charge in [0.2, 0.25) is 0 Å². The van der Waals surface area contributed by atoms with Gasteiger partial charge in [-0.1, -0.05) is 116 Å². The van der Waals surface area contributed by atoms with Crippen molar-refractivity contribution in [2.24, 2.45) is 30.7 Å². The van der Waals surface area contributed by atoms with Crippen LogP contribution >= 0.6 is 0 Å². The van der Waals surface area contributed by atoms with Gasteiger partial charge in [-0.2, -0.15) is 10.2 Å². The largest absolute Gasteiger partial charge is 0.423 e. The molecule has 8 nitrogen and oxygen atoms in total. The third-order valence-electron chi connectivity index (χ3n) is 9.60. The van der Waals surface area contributed by atoms with Crippen LogP contribution < -0.4 is 4.74 Å². The highest BCUT2D eigenvalue weighted by Gasteiger charge is 2.11. The molecule has 0 spiro atoms. The Labute approximate surface area is 331 Å². The lowest BCUT2D eigenvalue weighted by molar-refractivity contribution is 0.0734. The van der Waals surface area contributed by atoms with E-state index in [-0.39, 0.29) is 0 Å². The first kappa shape index (κ1) is 36.5. The summed E-state index contributed by atoms with van der Waals surface area (Å²) in [7, 11) is 0. The maximum Gasteiger partial charge on any atom is 0.343 e. The van der Waals surface area contributed by atoms with Crippen LogP contribution in [0.2, 0.25) is 0 Å². The molecule has 0 saturated carbocycles. The highest BCUT2D eigenvalue weighted by Crippen LogP contribution is 2.38. The van der Waals surface area contributed by atoms with Gasteiger partial charge in [0.05, 0.1) is 39.7 Å². The van der Waals surface area contributed by atoms with Gasteiger partial charge < -0.3 is 4.74 Å². The number of aryl methyl sites for hydroxylation is 2. The molecule has 8 aromatic carbocycles. The van der Waals surface area contributed by atoms with E-state index in [0.717, 1.165) is 62.6 Å². The Hall–Kier alpha value is -7.45. The zero-order chi connectivity index (χ0) is 39.0. The minimum atomic E-state index is -0.427. The van der Waals surface area contributed by atoms with Crippen LogP contribution in [0.25, 0.3) is 32.7 Å². The molecular formula is C49H38N6O2. The van der Waals surface area contributed by atoms with Crippen LogP contribution in [0.3, 0.4) is 0 Å². The van der Waals surface area contributed by atoms with Crippen molar-refractivity contribution in [3.05, 3.63) is 187 Å². The monoisotopic (exact) mass is 742 g/mol. The van der Waals surface area contributed by atoms with Gasteiger partial charge in [0.25, 0.3) is 0 Å². The first-order valence-electron chi connectivity index (χ1n) is 18.9. The van der Waals surface area contributed by atoms with Crippen molar-refractivity contribution in [1.82, 2.24) is 0 Å². The Kier molecular flexibility index (Phi) is 10.8. The second-order valence-corrected chi connectivity index (χ2v) is 13.6. The summed E-state index contributed by atoms with van der Waals surface area (Å²) in [5.74, 6) is -0.00718. The van der Waals surface area contributed by atoms with Gasteiger partial charge in [0, 0.05) is 21.5 Å². The maximum absolute atomic E-state index is 12.9. The van der Waals surface area contributed by atoms with Crippen molar-refractivity contribution in [1.29, 1.82) is 0 Å². The molecule has 8 aromatic rings. The molecule has 0 N–H and O–H groups in total. The van der Waals surface area contributed by atoms with Crippen molar-refractivity contribution < 1.29 is 9.53 Å². The number of nitrogens with zero attached hydrogens (tertiary/aromatic N) is 6. The fourth-order valence-corrected chi connectivity index (χ4v) is 6.52. The lowest BCUT2D eigenvalue weighted by Gasteiger charge is -2.07. The standard InChI is InChI=1S/C49H38N6O2/c1-3-8-34-15-17-35(18-16-34)36-19-21-37(22-20-36)49(56)57-40-27-25-39(26-28-40)51-53-46-30-32-48(44-12-7-5-10-42(44)46)55-54-47-31-29-45(41-9-4-6-11-43(41)47)52-50-38-23-13-33(2)14-24-38/h4-7,9-32H,3,8H2,1-2H3. The molecule has 0 saturated heterocycles. The lowest BCUT2D eigenvalue weighted by Crippen LogP contribution is -2.08. The number of carbonyl (C=O) groups is 1. The fourth-order valence-electron chi connectivity index (χ4n) is 6.52. The fraction of sp³-hybridized carbons (Fsp3) is 0.0816. The average Bonchev–Trinajstić information content (AvgIpc) is 3.26. The van der Waals surface area contributed by atoms with Gasteiger partial charge >= 0.3 is 5.97 Å². The van der Waals surface area contributed by atoms with E-state index in [1.807, 2.05) is 116 Å². The van der Waals surface area contributed by atoms with Crippen LogP contribution in [0.4, 0.5) is 34.1 Å². The average molecular weight is 743 g/mol. The van der Waals surface area contributed by atoms with E-state index in [1.54, 1.807) is 36.4 Å². The summed E-state index contributed by atoms with van der Waals surface area (Å²) in [6.45, 7) is 4.22. The van der Waals surface area contributed by atoms with Crippen LogP contribution in [0.1, 0.15) is 34.8 Å². The van der Waals surface area contributed by atoms with E-state index in [1.165, 1.54) is 11.1 Å². The van der Waals surface area contributed by atoms with Crippen molar-refractivity contribution in [2.45, 2.75) is 26.7 Å². The van der Waals surface area contributed by atoms with Gasteiger partial charge in [0.15, 0.2) is 0 Å². The number of fused-ring (bicyclic) bond motifs is 2. The van der Waals surface area contributed by atoms with E-state index >= 15 is 0 Å². The zero-order valence-electron chi connectivity index (χ0n) is 31.6. The van der Waals surface area contributed by atoms with E-state index in [2.05, 4.69) is 61.9 Å². The molecule has 0 aliphatic rings. The van der Waals surface area contributed by atoms with Crippen molar-refractivity contribution >= 4 is 61.6 Å². The Morgan fingerprint density at radius 1 is 0.456 bits per heavy atom. The number of benzene rings is 8. The summed E-state index contributed by atoms with van der Waals surface area (Å²) in [5, 5.41) is 31.0. The Balaban J connectivity index is 0.947. The SMILES string of the molecule is CCCc1ccc(-c2ccc(C(=O)Oc3ccc(N=Nc4ccc(N=Nc5ccc(N=Nc6ccc(C)cc6)c6ccccc56)c5ccccc45)cc3)cc2)cc1. The quantitative estimate of drug-likeness (QED) is 0.0748. The topological polar surface area (TPSA) is 100 Å². The van der Waals surface area contributed by atoms with Crippen molar-refractivity contribution in [2.75, 3.05) is 0 Å². The number of hydrogen-bond acceptors (Lipinski definition) is 8. The Morgan fingerprint density at radius 3 is 1.30 bits per heavy atom. The molecule has 57 heavy (non-hydrogen) atoms. The van der Waals surface area contributed by atoms with Gasteiger partial charge in [-0.25, -0.2) is 4.79 Å². The minimum absolute atomic E-state index is 0.420. The summed E-state index contributed by atoms with van der Waals surface area (Å²) in [5.41, 5.74) is 9.42. The molecule has 0 radical (unpaired) electrons. The van der Waals surface area contributed by atoms with Crippen LogP contribution in [0.5, 0.6) is 5.75 Å². The number of rotatable bonds is 11. The van der Waals surface area contributed by atoms with E-state index in [4.69, 9.17) is 4.74 Å². The molecule has 8 rings (SSSR count). The summed E-state index contributed by atoms with van der Waals surface area (Å²) in [4.78, 5) is 12.9.